The van der Waals surface area contributed by atoms with Crippen LogP contribution in [0.2, 0.25) is 0 Å². The molecule has 0 saturated heterocycles. The molecule has 0 aliphatic rings. The summed E-state index contributed by atoms with van der Waals surface area (Å²) >= 11 is 0. The predicted octanol–water partition coefficient (Wildman–Crippen LogP) is 2.88. The molecule has 0 amide bonds. The second-order valence-electron chi connectivity index (χ2n) is 4.60. The Kier molecular flexibility index (Phi) is 4.32. The first-order valence-corrected chi connectivity index (χ1v) is 8.03. The average Bonchev–Trinajstić information content (AvgIpc) is 2.91. The van der Waals surface area contributed by atoms with Crippen molar-refractivity contribution in [3.05, 3.63) is 53.3 Å². The number of carbonyl (C=O) groups is 1. The van der Waals surface area contributed by atoms with Gasteiger partial charge in [0, 0.05) is 11.8 Å². The number of sulfone groups is 1. The van der Waals surface area contributed by atoms with Gasteiger partial charge in [-0.2, -0.15) is 0 Å². The molecule has 0 aliphatic heterocycles. The monoisotopic (exact) mass is 330 g/mol. The normalized spacial score (nSPS) is 12.9. The summed E-state index contributed by atoms with van der Waals surface area (Å²) in [4.78, 5) is 11.8. The highest BCUT2D eigenvalue weighted by Gasteiger charge is 2.22. The van der Waals surface area contributed by atoms with Crippen molar-refractivity contribution in [3.63, 3.8) is 0 Å². The number of esters is 1. The molecule has 0 bridgehead atoms. The van der Waals surface area contributed by atoms with Crippen LogP contribution in [0.4, 0.5) is 8.78 Å². The molecule has 0 saturated carbocycles. The van der Waals surface area contributed by atoms with Crippen LogP contribution in [0, 0.1) is 11.6 Å². The van der Waals surface area contributed by atoms with Crippen LogP contribution in [0.5, 0.6) is 0 Å². The molecule has 0 aliphatic carbocycles. The molecule has 118 valence electrons. The first kappa shape index (κ1) is 16.2. The van der Waals surface area contributed by atoms with E-state index >= 15 is 0 Å². The van der Waals surface area contributed by atoms with Gasteiger partial charge in [0.15, 0.2) is 0 Å². The quantitative estimate of drug-likeness (QED) is 0.806. The van der Waals surface area contributed by atoms with E-state index in [0.29, 0.717) is 0 Å². The second kappa shape index (κ2) is 5.88. The molecule has 0 radical (unpaired) electrons. The lowest BCUT2D eigenvalue weighted by atomic mass is 10.1. The molecule has 1 aromatic heterocycles. The average molecular weight is 330 g/mol. The third-order valence-electron chi connectivity index (χ3n) is 2.83. The number of halogens is 2. The zero-order valence-corrected chi connectivity index (χ0v) is 12.5. The van der Waals surface area contributed by atoms with Crippen LogP contribution in [-0.4, -0.2) is 20.6 Å². The minimum atomic E-state index is -3.59. The summed E-state index contributed by atoms with van der Waals surface area (Å²) in [6.45, 7) is 1.36. The Balaban J connectivity index is 2.18. The Morgan fingerprint density at radius 3 is 2.50 bits per heavy atom. The molecule has 1 aromatic carbocycles. The third kappa shape index (κ3) is 3.51. The number of hydrogen-bond donors (Lipinski definition) is 0. The van der Waals surface area contributed by atoms with Gasteiger partial charge in [0.25, 0.3) is 0 Å². The molecule has 0 fully saturated rings. The van der Waals surface area contributed by atoms with Gasteiger partial charge in [-0.25, -0.2) is 22.0 Å². The van der Waals surface area contributed by atoms with Crippen LogP contribution in [0.1, 0.15) is 29.1 Å². The Morgan fingerprint density at radius 1 is 1.23 bits per heavy atom. The zero-order chi connectivity index (χ0) is 16.5. The van der Waals surface area contributed by atoms with Gasteiger partial charge < -0.3 is 9.15 Å². The fourth-order valence-electron chi connectivity index (χ4n) is 1.74. The molecule has 1 atom stereocenters. The Labute approximate surface area is 125 Å². The van der Waals surface area contributed by atoms with Crippen LogP contribution >= 0.6 is 0 Å². The van der Waals surface area contributed by atoms with E-state index in [-0.39, 0.29) is 16.4 Å². The number of hydrogen-bond acceptors (Lipinski definition) is 5. The SMILES string of the molecule is CC(OC(=O)c1ccc(S(C)(=O)=O)o1)c1cc(F)ccc1F. The van der Waals surface area contributed by atoms with E-state index in [4.69, 9.17) is 9.15 Å². The van der Waals surface area contributed by atoms with Crippen molar-refractivity contribution in [2.75, 3.05) is 6.26 Å². The van der Waals surface area contributed by atoms with Crippen LogP contribution in [0.25, 0.3) is 0 Å². The van der Waals surface area contributed by atoms with Gasteiger partial charge in [0.1, 0.15) is 17.7 Å². The van der Waals surface area contributed by atoms with Crippen molar-refractivity contribution in [2.24, 2.45) is 0 Å². The molecular formula is C14H12F2O5S. The van der Waals surface area contributed by atoms with Crippen molar-refractivity contribution in [3.8, 4) is 0 Å². The largest absolute Gasteiger partial charge is 0.452 e. The Morgan fingerprint density at radius 2 is 1.91 bits per heavy atom. The minimum absolute atomic E-state index is 0.136. The summed E-state index contributed by atoms with van der Waals surface area (Å²) in [6.07, 6.45) is -0.152. The predicted molar refractivity (Wildman–Crippen MR) is 72.0 cm³/mol. The lowest BCUT2D eigenvalue weighted by Gasteiger charge is -2.13. The zero-order valence-electron chi connectivity index (χ0n) is 11.7. The van der Waals surface area contributed by atoms with Crippen LogP contribution in [-0.2, 0) is 14.6 Å². The van der Waals surface area contributed by atoms with Crippen LogP contribution in [0.3, 0.4) is 0 Å². The van der Waals surface area contributed by atoms with Gasteiger partial charge in [0.2, 0.25) is 20.7 Å². The van der Waals surface area contributed by atoms with E-state index in [1.807, 2.05) is 0 Å². The second-order valence-corrected chi connectivity index (χ2v) is 6.55. The van der Waals surface area contributed by atoms with Crippen LogP contribution in [0.15, 0.2) is 39.8 Å². The Hall–Kier alpha value is -2.22. The fourth-order valence-corrected chi connectivity index (χ4v) is 2.29. The number of rotatable bonds is 4. The van der Waals surface area contributed by atoms with Crippen molar-refractivity contribution in [1.82, 2.24) is 0 Å². The van der Waals surface area contributed by atoms with Crippen molar-refractivity contribution in [2.45, 2.75) is 18.1 Å². The molecule has 1 heterocycles. The molecule has 2 aromatic rings. The maximum Gasteiger partial charge on any atom is 0.374 e. The van der Waals surface area contributed by atoms with E-state index in [0.717, 1.165) is 36.6 Å². The van der Waals surface area contributed by atoms with Gasteiger partial charge in [-0.05, 0) is 37.3 Å². The first-order chi connectivity index (χ1) is 10.2. The third-order valence-corrected chi connectivity index (χ3v) is 3.78. The smallest absolute Gasteiger partial charge is 0.374 e. The maximum atomic E-state index is 13.6. The summed E-state index contributed by atoms with van der Waals surface area (Å²) in [7, 11) is -3.59. The van der Waals surface area contributed by atoms with E-state index < -0.39 is 33.5 Å². The highest BCUT2D eigenvalue weighted by molar-refractivity contribution is 7.90. The van der Waals surface area contributed by atoms with E-state index in [1.54, 1.807) is 0 Å². The van der Waals surface area contributed by atoms with Gasteiger partial charge in [0.05, 0.1) is 0 Å². The molecule has 5 nitrogen and oxygen atoms in total. The first-order valence-electron chi connectivity index (χ1n) is 6.14. The van der Waals surface area contributed by atoms with Gasteiger partial charge in [-0.1, -0.05) is 0 Å². The molecule has 0 N–H and O–H groups in total. The summed E-state index contributed by atoms with van der Waals surface area (Å²) in [5.41, 5.74) is -0.136. The number of carbonyl (C=O) groups excluding carboxylic acids is 1. The topological polar surface area (TPSA) is 73.6 Å². The number of ether oxygens (including phenoxy) is 1. The molecular weight excluding hydrogens is 318 g/mol. The molecule has 22 heavy (non-hydrogen) atoms. The summed E-state index contributed by atoms with van der Waals surface area (Å²) in [5.74, 6) is -2.72. The van der Waals surface area contributed by atoms with Gasteiger partial charge >= 0.3 is 5.97 Å². The summed E-state index contributed by atoms with van der Waals surface area (Å²) in [5, 5.41) is -0.385. The molecule has 8 heteroatoms. The summed E-state index contributed by atoms with van der Waals surface area (Å²) < 4.78 is 59.0. The molecule has 1 unspecified atom stereocenters. The van der Waals surface area contributed by atoms with Crippen molar-refractivity contribution >= 4 is 15.8 Å². The minimum Gasteiger partial charge on any atom is -0.452 e. The lowest BCUT2D eigenvalue weighted by molar-refractivity contribution is 0.0288. The molecule has 0 spiro atoms. The van der Waals surface area contributed by atoms with Crippen LogP contribution < -0.4 is 0 Å². The fraction of sp³-hybridized carbons (Fsp3) is 0.214. The van der Waals surface area contributed by atoms with E-state index in [1.165, 1.54) is 6.92 Å². The highest BCUT2D eigenvalue weighted by Crippen LogP contribution is 2.23. The van der Waals surface area contributed by atoms with Gasteiger partial charge in [-0.3, -0.25) is 0 Å². The van der Waals surface area contributed by atoms with E-state index in [2.05, 4.69) is 0 Å². The lowest BCUT2D eigenvalue weighted by Crippen LogP contribution is -2.10. The highest BCUT2D eigenvalue weighted by atomic mass is 32.2. The summed E-state index contributed by atoms with van der Waals surface area (Å²) in [6, 6.07) is 5.02. The number of furan rings is 1. The standard InChI is InChI=1S/C14H12F2O5S/c1-8(10-7-9(15)3-4-11(10)16)20-14(17)12-5-6-13(21-12)22(2,18)19/h3-8H,1-2H3. The van der Waals surface area contributed by atoms with E-state index in [9.17, 15) is 22.0 Å². The molecule has 2 rings (SSSR count). The van der Waals surface area contributed by atoms with Crippen molar-refractivity contribution in [1.29, 1.82) is 0 Å². The van der Waals surface area contributed by atoms with Gasteiger partial charge in [-0.15, -0.1) is 0 Å². The Bertz CT molecular complexity index is 810. The number of benzene rings is 1. The van der Waals surface area contributed by atoms with Crippen molar-refractivity contribution < 1.29 is 31.1 Å². The maximum absolute atomic E-state index is 13.6.